The maximum atomic E-state index is 8.48. The fourth-order valence-corrected chi connectivity index (χ4v) is 4.50. The molecule has 5 heterocycles. The van der Waals surface area contributed by atoms with Crippen molar-refractivity contribution in [2.24, 2.45) is 5.11 Å². The van der Waals surface area contributed by atoms with Crippen LogP contribution < -0.4 is 5.73 Å². The van der Waals surface area contributed by atoms with Gasteiger partial charge in [-0.3, -0.25) is 9.97 Å². The number of hydrogen-bond acceptors (Lipinski definition) is 6. The Kier molecular flexibility index (Phi) is 9.10. The summed E-state index contributed by atoms with van der Waals surface area (Å²) < 4.78 is 0. The van der Waals surface area contributed by atoms with Gasteiger partial charge in [-0.05, 0) is 102 Å². The lowest BCUT2D eigenvalue weighted by Gasteiger charge is -2.09. The molecule has 0 amide bonds. The number of aromatic nitrogens is 5. The van der Waals surface area contributed by atoms with Gasteiger partial charge in [-0.25, -0.2) is 15.0 Å². The zero-order valence-electron chi connectivity index (χ0n) is 24.6. The minimum atomic E-state index is -0.148. The van der Waals surface area contributed by atoms with Crippen LogP contribution in [0.2, 0.25) is 0 Å². The molecule has 9 nitrogen and oxygen atoms in total. The predicted octanol–water partition coefficient (Wildman–Crippen LogP) is 6.06. The van der Waals surface area contributed by atoms with Crippen LogP contribution in [0.5, 0.6) is 0 Å². The van der Waals surface area contributed by atoms with Gasteiger partial charge in [0.15, 0.2) is 0 Å². The van der Waals surface area contributed by atoms with Gasteiger partial charge in [-0.1, -0.05) is 35.2 Å². The van der Waals surface area contributed by atoms with Gasteiger partial charge < -0.3 is 5.73 Å². The SMILES string of the molecule is [N-]=[N+]=NCC([NH3+])c1ccc(C#Cc2ccc(C#Cc3ccc(-c4cc(-c5ccccn5)nc(-c5ccccn5)c4)cn3)cc2)nc1. The molecule has 9 heteroatoms. The Labute approximate surface area is 265 Å². The predicted molar refractivity (Wildman–Crippen MR) is 176 cm³/mol. The molecule has 0 aliphatic rings. The van der Waals surface area contributed by atoms with Crippen LogP contribution in [0.4, 0.5) is 0 Å². The van der Waals surface area contributed by atoms with Gasteiger partial charge in [0.25, 0.3) is 0 Å². The Morgan fingerprint density at radius 3 is 1.70 bits per heavy atom. The van der Waals surface area contributed by atoms with Crippen molar-refractivity contribution in [2.45, 2.75) is 6.04 Å². The number of pyridine rings is 5. The summed E-state index contributed by atoms with van der Waals surface area (Å²) in [6.07, 6.45) is 7.05. The van der Waals surface area contributed by atoms with Crippen LogP contribution in [0.3, 0.4) is 0 Å². The van der Waals surface area contributed by atoms with Gasteiger partial charge in [-0.15, -0.1) is 0 Å². The zero-order valence-corrected chi connectivity index (χ0v) is 24.6. The Hall–Kier alpha value is -6.64. The summed E-state index contributed by atoms with van der Waals surface area (Å²) in [7, 11) is 0. The number of hydrogen-bond donors (Lipinski definition) is 1. The van der Waals surface area contributed by atoms with Crippen molar-refractivity contribution in [1.82, 2.24) is 24.9 Å². The third kappa shape index (κ3) is 7.46. The summed E-state index contributed by atoms with van der Waals surface area (Å²) >= 11 is 0. The fraction of sp³-hybridized carbons (Fsp3) is 0.0541. The summed E-state index contributed by atoms with van der Waals surface area (Å²) in [5.74, 6) is 12.5. The Bertz CT molecular complexity index is 2060. The van der Waals surface area contributed by atoms with E-state index in [0.29, 0.717) is 11.4 Å². The fourth-order valence-electron chi connectivity index (χ4n) is 4.50. The normalized spacial score (nSPS) is 10.8. The van der Waals surface area contributed by atoms with E-state index in [0.717, 1.165) is 50.6 Å². The molecule has 6 aromatic rings. The Morgan fingerprint density at radius 2 is 1.22 bits per heavy atom. The third-order valence-corrected chi connectivity index (χ3v) is 6.95. The van der Waals surface area contributed by atoms with E-state index in [1.54, 1.807) is 18.6 Å². The molecule has 0 fully saturated rings. The van der Waals surface area contributed by atoms with E-state index in [1.807, 2.05) is 103 Å². The summed E-state index contributed by atoms with van der Waals surface area (Å²) in [6.45, 7) is 0.285. The highest BCUT2D eigenvalue weighted by Crippen LogP contribution is 2.28. The second-order valence-corrected chi connectivity index (χ2v) is 10.2. The summed E-state index contributed by atoms with van der Waals surface area (Å²) in [5, 5.41) is 3.57. The van der Waals surface area contributed by atoms with E-state index in [-0.39, 0.29) is 12.6 Å². The molecule has 0 aliphatic heterocycles. The highest BCUT2D eigenvalue weighted by Gasteiger charge is 2.11. The van der Waals surface area contributed by atoms with Crippen LogP contribution in [0.25, 0.3) is 44.3 Å². The molecule has 1 aromatic carbocycles. The van der Waals surface area contributed by atoms with Crippen LogP contribution in [-0.4, -0.2) is 31.5 Å². The van der Waals surface area contributed by atoms with Gasteiger partial charge in [0.2, 0.25) is 0 Å². The van der Waals surface area contributed by atoms with Crippen molar-refractivity contribution in [3.63, 3.8) is 0 Å². The number of rotatable bonds is 6. The standard InChI is InChI=1S/C37H25N9/c38-33(25-44-46-39)29-14-18-32(43-24-29)16-12-27-9-7-26(8-10-27)11-15-31-17-13-28(23-42-31)30-21-36(34-5-1-3-19-40-34)45-37(22-30)35-6-2-4-20-41-35/h1-10,13-14,17-24,33H,25,38H2/p+1. The van der Waals surface area contributed by atoms with Crippen LogP contribution in [0.1, 0.15) is 34.1 Å². The first-order valence-electron chi connectivity index (χ1n) is 14.4. The van der Waals surface area contributed by atoms with E-state index >= 15 is 0 Å². The van der Waals surface area contributed by atoms with E-state index in [4.69, 9.17) is 10.5 Å². The minimum Gasteiger partial charge on any atom is -0.351 e. The van der Waals surface area contributed by atoms with E-state index < -0.39 is 0 Å². The lowest BCUT2D eigenvalue weighted by Crippen LogP contribution is -2.55. The second kappa shape index (κ2) is 14.2. The van der Waals surface area contributed by atoms with Crippen molar-refractivity contribution in [1.29, 1.82) is 0 Å². The maximum Gasteiger partial charge on any atom is 0.117 e. The average molecular weight is 597 g/mol. The van der Waals surface area contributed by atoms with Gasteiger partial charge in [-0.2, -0.15) is 0 Å². The van der Waals surface area contributed by atoms with Gasteiger partial charge in [0.1, 0.15) is 17.4 Å². The highest BCUT2D eigenvalue weighted by molar-refractivity contribution is 5.74. The number of nitrogens with zero attached hydrogens (tertiary/aromatic N) is 8. The lowest BCUT2D eigenvalue weighted by atomic mass is 10.0. The summed E-state index contributed by atoms with van der Waals surface area (Å²) in [6, 6.07) is 30.8. The first-order valence-corrected chi connectivity index (χ1v) is 14.4. The monoisotopic (exact) mass is 596 g/mol. The van der Waals surface area contributed by atoms with Gasteiger partial charge in [0, 0.05) is 52.0 Å². The first-order chi connectivity index (χ1) is 22.6. The molecule has 3 N–H and O–H groups in total. The molecular formula is C37H26N9+. The van der Waals surface area contributed by atoms with Crippen molar-refractivity contribution >= 4 is 0 Å². The lowest BCUT2D eigenvalue weighted by molar-refractivity contribution is -0.422. The average Bonchev–Trinajstić information content (AvgIpc) is 3.13. The minimum absolute atomic E-state index is 0.148. The van der Waals surface area contributed by atoms with Crippen LogP contribution in [-0.2, 0) is 0 Å². The molecule has 0 saturated heterocycles. The molecular weight excluding hydrogens is 570 g/mol. The molecule has 1 unspecified atom stereocenters. The quantitative estimate of drug-likeness (QED) is 0.108. The smallest absolute Gasteiger partial charge is 0.117 e. The van der Waals surface area contributed by atoms with Crippen LogP contribution in [0, 0.1) is 23.7 Å². The second-order valence-electron chi connectivity index (χ2n) is 10.2. The molecule has 46 heavy (non-hydrogen) atoms. The largest absolute Gasteiger partial charge is 0.351 e. The number of azide groups is 1. The number of benzene rings is 1. The van der Waals surface area contributed by atoms with Gasteiger partial charge in [0.05, 0.1) is 29.3 Å². The molecule has 6 rings (SSSR count). The summed E-state index contributed by atoms with van der Waals surface area (Å²) in [4.78, 5) is 25.6. The number of quaternary nitrogens is 1. The molecule has 218 valence electrons. The molecule has 0 bridgehead atoms. The molecule has 0 saturated carbocycles. The highest BCUT2D eigenvalue weighted by atomic mass is 15.1. The van der Waals surface area contributed by atoms with E-state index in [1.165, 1.54) is 0 Å². The van der Waals surface area contributed by atoms with Crippen molar-refractivity contribution in [2.75, 3.05) is 6.54 Å². The first kappa shape index (κ1) is 29.4. The molecule has 1 atom stereocenters. The molecule has 0 aliphatic carbocycles. The van der Waals surface area contributed by atoms with Crippen molar-refractivity contribution in [3.05, 3.63) is 160 Å². The topological polar surface area (TPSA) is 141 Å². The van der Waals surface area contributed by atoms with E-state index in [9.17, 15) is 0 Å². The zero-order chi connectivity index (χ0) is 31.6. The van der Waals surface area contributed by atoms with E-state index in [2.05, 4.69) is 59.4 Å². The summed E-state index contributed by atoms with van der Waals surface area (Å²) in [5.41, 5.74) is 21.4. The maximum absolute atomic E-state index is 8.48. The molecule has 0 spiro atoms. The Morgan fingerprint density at radius 1 is 0.630 bits per heavy atom. The third-order valence-electron chi connectivity index (χ3n) is 6.95. The molecule has 0 radical (unpaired) electrons. The van der Waals surface area contributed by atoms with Crippen molar-refractivity contribution in [3.8, 4) is 57.6 Å². The van der Waals surface area contributed by atoms with Gasteiger partial charge >= 0.3 is 0 Å². The van der Waals surface area contributed by atoms with Crippen molar-refractivity contribution < 1.29 is 5.73 Å². The van der Waals surface area contributed by atoms with Crippen LogP contribution in [0.15, 0.2) is 127 Å². The van der Waals surface area contributed by atoms with Crippen LogP contribution >= 0.6 is 0 Å². The Balaban J connectivity index is 1.16. The molecule has 5 aromatic heterocycles.